The second-order valence-electron chi connectivity index (χ2n) is 4.85. The molecule has 3 rings (SSSR count). The van der Waals surface area contributed by atoms with Gasteiger partial charge in [-0.05, 0) is 11.6 Å². The second kappa shape index (κ2) is 5.09. The van der Waals surface area contributed by atoms with Crippen LogP contribution in [0.5, 0.6) is 11.5 Å². The summed E-state index contributed by atoms with van der Waals surface area (Å²) in [6.45, 7) is 1.46. The molecule has 0 bridgehead atoms. The molecule has 1 N–H and O–H groups in total. The van der Waals surface area contributed by atoms with Crippen LogP contribution in [0, 0.1) is 0 Å². The van der Waals surface area contributed by atoms with E-state index in [1.165, 1.54) is 0 Å². The van der Waals surface area contributed by atoms with Crippen molar-refractivity contribution in [3.05, 3.63) is 23.8 Å². The Morgan fingerprint density at radius 2 is 2.11 bits per heavy atom. The summed E-state index contributed by atoms with van der Waals surface area (Å²) in [6, 6.07) is 5.54. The predicted octanol–water partition coefficient (Wildman–Crippen LogP) is 1.63. The van der Waals surface area contributed by atoms with Crippen LogP contribution in [-0.2, 0) is 16.0 Å². The van der Waals surface area contributed by atoms with Crippen LogP contribution >= 0.6 is 0 Å². The highest BCUT2D eigenvalue weighted by molar-refractivity contribution is 5.74. The molecule has 5 nitrogen and oxygen atoms in total. The van der Waals surface area contributed by atoms with Crippen LogP contribution in [0.1, 0.15) is 18.4 Å². The molecule has 0 amide bonds. The lowest BCUT2D eigenvalue weighted by atomic mass is 10.1. The molecule has 1 fully saturated rings. The van der Waals surface area contributed by atoms with Gasteiger partial charge in [0, 0.05) is 25.3 Å². The van der Waals surface area contributed by atoms with Gasteiger partial charge in [0.1, 0.15) is 17.6 Å². The van der Waals surface area contributed by atoms with Crippen LogP contribution in [0.2, 0.25) is 0 Å². The summed E-state index contributed by atoms with van der Waals surface area (Å²) in [5.74, 6) is 0.428. The molecule has 19 heavy (non-hydrogen) atoms. The van der Waals surface area contributed by atoms with Crippen molar-refractivity contribution in [1.82, 2.24) is 0 Å². The van der Waals surface area contributed by atoms with Gasteiger partial charge in [0.15, 0.2) is 6.10 Å². The number of carboxylic acid groups (broad SMARTS) is 1. The minimum atomic E-state index is -0.928. The average molecular weight is 264 g/mol. The number of carbonyl (C=O) groups is 1. The predicted molar refractivity (Wildman–Crippen MR) is 66.7 cm³/mol. The Bertz CT molecular complexity index is 479. The van der Waals surface area contributed by atoms with E-state index in [1.807, 2.05) is 12.1 Å². The number of hydrogen-bond acceptors (Lipinski definition) is 4. The standard InChI is InChI=1S/C14H16O5/c15-14(16)13-7-9-1-2-11(8-12(9)19-13)18-10-3-5-17-6-4-10/h1-2,8,10,13H,3-7H2,(H,15,16). The molecule has 2 aliphatic heterocycles. The minimum absolute atomic E-state index is 0.170. The summed E-state index contributed by atoms with van der Waals surface area (Å²) in [7, 11) is 0. The van der Waals surface area contributed by atoms with Gasteiger partial charge in [-0.15, -0.1) is 0 Å². The van der Waals surface area contributed by atoms with E-state index in [2.05, 4.69) is 0 Å². The molecule has 1 unspecified atom stereocenters. The maximum atomic E-state index is 10.9. The lowest BCUT2D eigenvalue weighted by Gasteiger charge is -2.23. The van der Waals surface area contributed by atoms with Crippen LogP contribution in [0.25, 0.3) is 0 Å². The molecule has 0 saturated carbocycles. The summed E-state index contributed by atoms with van der Waals surface area (Å²) in [4.78, 5) is 10.9. The third-order valence-electron chi connectivity index (χ3n) is 3.46. The fraction of sp³-hybridized carbons (Fsp3) is 0.500. The molecule has 0 aliphatic carbocycles. The first kappa shape index (κ1) is 12.3. The van der Waals surface area contributed by atoms with Gasteiger partial charge in [-0.25, -0.2) is 4.79 Å². The van der Waals surface area contributed by atoms with Crippen LogP contribution in [0.3, 0.4) is 0 Å². The number of fused-ring (bicyclic) bond motifs is 1. The summed E-state index contributed by atoms with van der Waals surface area (Å²) in [5.41, 5.74) is 0.923. The maximum absolute atomic E-state index is 10.9. The van der Waals surface area contributed by atoms with Crippen molar-refractivity contribution in [1.29, 1.82) is 0 Å². The highest BCUT2D eigenvalue weighted by Crippen LogP contribution is 2.33. The van der Waals surface area contributed by atoms with Gasteiger partial charge in [0.2, 0.25) is 0 Å². The van der Waals surface area contributed by atoms with E-state index in [0.717, 1.165) is 37.4 Å². The third kappa shape index (κ3) is 2.66. The zero-order valence-electron chi connectivity index (χ0n) is 10.5. The van der Waals surface area contributed by atoms with E-state index < -0.39 is 12.1 Å². The number of aliphatic carboxylic acids is 1. The monoisotopic (exact) mass is 264 g/mol. The first-order chi connectivity index (χ1) is 9.22. The zero-order valence-corrected chi connectivity index (χ0v) is 10.5. The van der Waals surface area contributed by atoms with Crippen molar-refractivity contribution < 1.29 is 24.1 Å². The molecule has 1 atom stereocenters. The SMILES string of the molecule is O=C(O)C1Cc2ccc(OC3CCOCC3)cc2O1. The largest absolute Gasteiger partial charge is 0.490 e. The topological polar surface area (TPSA) is 65.0 Å². The molecule has 5 heteroatoms. The van der Waals surface area contributed by atoms with Crippen molar-refractivity contribution >= 4 is 5.97 Å². The van der Waals surface area contributed by atoms with Crippen LogP contribution in [0.4, 0.5) is 0 Å². The van der Waals surface area contributed by atoms with Gasteiger partial charge in [-0.2, -0.15) is 0 Å². The summed E-state index contributed by atoms with van der Waals surface area (Å²) in [6.07, 6.45) is 1.59. The van der Waals surface area contributed by atoms with Gasteiger partial charge >= 0.3 is 5.97 Å². The molecule has 0 radical (unpaired) electrons. The maximum Gasteiger partial charge on any atom is 0.345 e. The summed E-state index contributed by atoms with van der Waals surface area (Å²) < 4.78 is 16.5. The van der Waals surface area contributed by atoms with E-state index in [0.29, 0.717) is 12.2 Å². The number of hydrogen-bond donors (Lipinski definition) is 1. The molecule has 0 aromatic heterocycles. The summed E-state index contributed by atoms with van der Waals surface area (Å²) >= 11 is 0. The summed E-state index contributed by atoms with van der Waals surface area (Å²) in [5, 5.41) is 8.95. The number of carboxylic acids is 1. The molecule has 0 spiro atoms. The first-order valence-electron chi connectivity index (χ1n) is 6.49. The average Bonchev–Trinajstić information content (AvgIpc) is 2.83. The molecular weight excluding hydrogens is 248 g/mol. The molecule has 102 valence electrons. The van der Waals surface area contributed by atoms with E-state index >= 15 is 0 Å². The Kier molecular flexibility index (Phi) is 3.29. The van der Waals surface area contributed by atoms with Gasteiger partial charge in [-0.1, -0.05) is 6.07 Å². The number of ether oxygens (including phenoxy) is 3. The fourth-order valence-corrected chi connectivity index (χ4v) is 2.41. The van der Waals surface area contributed by atoms with Crippen molar-refractivity contribution in [2.45, 2.75) is 31.5 Å². The zero-order chi connectivity index (χ0) is 13.2. The molecular formula is C14H16O5. The Hall–Kier alpha value is -1.75. The molecule has 1 aromatic rings. The van der Waals surface area contributed by atoms with E-state index in [4.69, 9.17) is 19.3 Å². The second-order valence-corrected chi connectivity index (χ2v) is 4.85. The van der Waals surface area contributed by atoms with Gasteiger partial charge < -0.3 is 19.3 Å². The van der Waals surface area contributed by atoms with Crippen LogP contribution in [-0.4, -0.2) is 36.5 Å². The normalized spacial score (nSPS) is 22.6. The van der Waals surface area contributed by atoms with Gasteiger partial charge in [0.05, 0.1) is 13.2 Å². The lowest BCUT2D eigenvalue weighted by molar-refractivity contribution is -0.144. The van der Waals surface area contributed by atoms with Crippen molar-refractivity contribution in [3.8, 4) is 11.5 Å². The lowest BCUT2D eigenvalue weighted by Crippen LogP contribution is -2.25. The molecule has 1 saturated heterocycles. The smallest absolute Gasteiger partial charge is 0.345 e. The number of benzene rings is 1. The third-order valence-corrected chi connectivity index (χ3v) is 3.46. The molecule has 2 aliphatic rings. The fourth-order valence-electron chi connectivity index (χ4n) is 2.41. The van der Waals surface area contributed by atoms with Crippen molar-refractivity contribution in [2.75, 3.05) is 13.2 Å². The Morgan fingerprint density at radius 3 is 2.84 bits per heavy atom. The Balaban J connectivity index is 1.69. The van der Waals surface area contributed by atoms with Gasteiger partial charge in [-0.3, -0.25) is 0 Å². The van der Waals surface area contributed by atoms with Gasteiger partial charge in [0.25, 0.3) is 0 Å². The highest BCUT2D eigenvalue weighted by Gasteiger charge is 2.29. The Labute approximate surface area is 111 Å². The van der Waals surface area contributed by atoms with Crippen LogP contribution < -0.4 is 9.47 Å². The van der Waals surface area contributed by atoms with E-state index in [-0.39, 0.29) is 6.10 Å². The quantitative estimate of drug-likeness (QED) is 0.899. The van der Waals surface area contributed by atoms with E-state index in [9.17, 15) is 4.79 Å². The number of rotatable bonds is 3. The van der Waals surface area contributed by atoms with Crippen molar-refractivity contribution in [2.24, 2.45) is 0 Å². The minimum Gasteiger partial charge on any atom is -0.490 e. The van der Waals surface area contributed by atoms with Crippen molar-refractivity contribution in [3.63, 3.8) is 0 Å². The Morgan fingerprint density at radius 1 is 1.32 bits per heavy atom. The van der Waals surface area contributed by atoms with E-state index in [1.54, 1.807) is 6.07 Å². The first-order valence-corrected chi connectivity index (χ1v) is 6.49. The molecule has 2 heterocycles. The molecule has 1 aromatic carbocycles. The van der Waals surface area contributed by atoms with Crippen LogP contribution in [0.15, 0.2) is 18.2 Å². The highest BCUT2D eigenvalue weighted by atomic mass is 16.5.